The number of carbonyl (C=O) groups is 1. The predicted octanol–water partition coefficient (Wildman–Crippen LogP) is 2.08. The second kappa shape index (κ2) is 6.89. The van der Waals surface area contributed by atoms with Crippen LogP contribution >= 0.6 is 0 Å². The monoisotopic (exact) mass is 420 g/mol. The molecule has 1 aliphatic carbocycles. The van der Waals surface area contributed by atoms with Crippen LogP contribution in [0, 0.1) is 12.8 Å². The van der Waals surface area contributed by atoms with Gasteiger partial charge in [0.05, 0.1) is 11.3 Å². The number of halogens is 3. The van der Waals surface area contributed by atoms with Crippen LogP contribution < -0.4 is 16.0 Å². The summed E-state index contributed by atoms with van der Waals surface area (Å²) in [5.74, 6) is -0.493. The number of hydrogen-bond acceptors (Lipinski definition) is 5. The SMILES string of the molecule is Cc1c[nH]c(=O)c(C(=CN)C(=O)N2CC3CC3(c3ccc(OC(F)(F)F)cc3)C2)n1. The van der Waals surface area contributed by atoms with Crippen molar-refractivity contribution in [2.45, 2.75) is 25.1 Å². The third-order valence-electron chi connectivity index (χ3n) is 5.66. The van der Waals surface area contributed by atoms with Crippen molar-refractivity contribution in [1.29, 1.82) is 0 Å². The summed E-state index contributed by atoms with van der Waals surface area (Å²) in [6.07, 6.45) is -1.39. The largest absolute Gasteiger partial charge is 0.573 e. The number of H-pyrrole nitrogens is 1. The van der Waals surface area contributed by atoms with E-state index in [1.54, 1.807) is 24.0 Å². The van der Waals surface area contributed by atoms with E-state index in [0.29, 0.717) is 18.8 Å². The number of nitrogens with two attached hydrogens (primary N) is 1. The Bertz CT molecular complexity index is 1080. The lowest BCUT2D eigenvalue weighted by molar-refractivity contribution is -0.274. The van der Waals surface area contributed by atoms with Crippen LogP contribution in [0.1, 0.15) is 23.4 Å². The molecule has 1 saturated heterocycles. The smallest absolute Gasteiger partial charge is 0.406 e. The Labute approximate surface area is 169 Å². The lowest BCUT2D eigenvalue weighted by Crippen LogP contribution is -2.35. The molecule has 7 nitrogen and oxygen atoms in total. The Morgan fingerprint density at radius 2 is 2.07 bits per heavy atom. The Balaban J connectivity index is 1.52. The fourth-order valence-corrected chi connectivity index (χ4v) is 4.18. The maximum Gasteiger partial charge on any atom is 0.573 e. The van der Waals surface area contributed by atoms with Crippen molar-refractivity contribution >= 4 is 11.5 Å². The highest BCUT2D eigenvalue weighted by atomic mass is 19.4. The molecular formula is C20H19F3N4O3. The molecule has 0 spiro atoms. The van der Waals surface area contributed by atoms with Crippen LogP contribution in [-0.2, 0) is 10.2 Å². The minimum absolute atomic E-state index is 0.0188. The second-order valence-electron chi connectivity index (χ2n) is 7.61. The Kier molecular flexibility index (Phi) is 4.59. The van der Waals surface area contributed by atoms with E-state index in [1.165, 1.54) is 18.3 Å². The van der Waals surface area contributed by atoms with Crippen LogP contribution in [0.3, 0.4) is 0 Å². The molecule has 1 aliphatic heterocycles. The number of likely N-dealkylation sites (tertiary alicyclic amines) is 1. The molecule has 2 fully saturated rings. The molecule has 1 aromatic carbocycles. The molecule has 2 aromatic rings. The van der Waals surface area contributed by atoms with Crippen LogP contribution in [-0.4, -0.2) is 40.2 Å². The first-order valence-electron chi connectivity index (χ1n) is 9.27. The minimum atomic E-state index is -4.74. The maximum atomic E-state index is 13.0. The van der Waals surface area contributed by atoms with E-state index in [0.717, 1.165) is 18.2 Å². The van der Waals surface area contributed by atoms with E-state index in [1.807, 2.05) is 0 Å². The molecular weight excluding hydrogens is 401 g/mol. The quantitative estimate of drug-likeness (QED) is 0.738. The Morgan fingerprint density at radius 1 is 1.37 bits per heavy atom. The topological polar surface area (TPSA) is 101 Å². The van der Waals surface area contributed by atoms with Gasteiger partial charge in [-0.2, -0.15) is 0 Å². The summed E-state index contributed by atoms with van der Waals surface area (Å²) in [7, 11) is 0. The average Bonchev–Trinajstić information content (AvgIpc) is 3.25. The first-order chi connectivity index (χ1) is 14.1. The van der Waals surface area contributed by atoms with E-state index in [-0.39, 0.29) is 28.3 Å². The lowest BCUT2D eigenvalue weighted by Gasteiger charge is -2.22. The Hall–Kier alpha value is -3.30. The number of benzene rings is 1. The molecule has 2 unspecified atom stereocenters. The van der Waals surface area contributed by atoms with Gasteiger partial charge in [-0.1, -0.05) is 12.1 Å². The number of rotatable bonds is 4. The van der Waals surface area contributed by atoms with Crippen molar-refractivity contribution in [3.8, 4) is 5.75 Å². The number of ether oxygens (including phenoxy) is 1. The van der Waals surface area contributed by atoms with Crippen LogP contribution in [0.5, 0.6) is 5.75 Å². The zero-order valence-corrected chi connectivity index (χ0v) is 16.0. The molecule has 1 saturated carbocycles. The number of aromatic nitrogens is 2. The van der Waals surface area contributed by atoms with Gasteiger partial charge in [0.2, 0.25) is 0 Å². The van der Waals surface area contributed by atoms with E-state index in [2.05, 4.69) is 14.7 Å². The molecule has 0 bridgehead atoms. The van der Waals surface area contributed by atoms with E-state index < -0.39 is 17.8 Å². The third kappa shape index (κ3) is 3.53. The lowest BCUT2D eigenvalue weighted by atomic mass is 9.95. The summed E-state index contributed by atoms with van der Waals surface area (Å²) in [5, 5.41) is 0. The number of aromatic amines is 1. The van der Waals surface area contributed by atoms with Gasteiger partial charge in [-0.25, -0.2) is 4.98 Å². The molecule has 2 heterocycles. The van der Waals surface area contributed by atoms with Crippen molar-refractivity contribution in [3.63, 3.8) is 0 Å². The summed E-state index contributed by atoms with van der Waals surface area (Å²) in [4.78, 5) is 33.4. The molecule has 2 aliphatic rings. The molecule has 158 valence electrons. The zero-order valence-electron chi connectivity index (χ0n) is 16.0. The van der Waals surface area contributed by atoms with Crippen molar-refractivity contribution in [1.82, 2.24) is 14.9 Å². The summed E-state index contributed by atoms with van der Waals surface area (Å²) in [6.45, 7) is 2.54. The highest BCUT2D eigenvalue weighted by molar-refractivity contribution is 6.18. The average molecular weight is 420 g/mol. The summed E-state index contributed by atoms with van der Waals surface area (Å²) >= 11 is 0. The highest BCUT2D eigenvalue weighted by Crippen LogP contribution is 2.59. The van der Waals surface area contributed by atoms with Gasteiger partial charge < -0.3 is 20.4 Å². The summed E-state index contributed by atoms with van der Waals surface area (Å²) in [6, 6.07) is 5.75. The van der Waals surface area contributed by atoms with Crippen LogP contribution in [0.25, 0.3) is 5.57 Å². The van der Waals surface area contributed by atoms with Gasteiger partial charge in [-0.3, -0.25) is 9.59 Å². The van der Waals surface area contributed by atoms with Crippen LogP contribution in [0.15, 0.2) is 41.5 Å². The van der Waals surface area contributed by atoms with E-state index >= 15 is 0 Å². The highest BCUT2D eigenvalue weighted by Gasteiger charge is 2.61. The van der Waals surface area contributed by atoms with Gasteiger partial charge in [0.15, 0.2) is 0 Å². The number of alkyl halides is 3. The fraction of sp³-hybridized carbons (Fsp3) is 0.350. The molecule has 30 heavy (non-hydrogen) atoms. The number of nitrogens with zero attached hydrogens (tertiary/aromatic N) is 2. The van der Waals surface area contributed by atoms with Gasteiger partial charge in [0, 0.05) is 30.9 Å². The molecule has 1 amide bonds. The van der Waals surface area contributed by atoms with Crippen molar-refractivity contribution < 1.29 is 22.7 Å². The number of amides is 1. The molecule has 10 heteroatoms. The summed E-state index contributed by atoms with van der Waals surface area (Å²) in [5.41, 5.74) is 6.20. The number of aryl methyl sites for hydroxylation is 1. The van der Waals surface area contributed by atoms with Gasteiger partial charge in [-0.05, 0) is 37.0 Å². The minimum Gasteiger partial charge on any atom is -0.406 e. The normalized spacial score (nSPS) is 23.3. The molecule has 2 atom stereocenters. The van der Waals surface area contributed by atoms with Crippen molar-refractivity contribution in [2.75, 3.05) is 13.1 Å². The number of nitrogens with one attached hydrogen (secondary N) is 1. The third-order valence-corrected chi connectivity index (χ3v) is 5.66. The Morgan fingerprint density at radius 3 is 2.70 bits per heavy atom. The van der Waals surface area contributed by atoms with Crippen LogP contribution in [0.4, 0.5) is 13.2 Å². The molecule has 1 aromatic heterocycles. The first kappa shape index (κ1) is 20.0. The standard InChI is InChI=1S/C20H19F3N4O3/c1-11-8-25-17(28)16(26-11)15(7-24)18(29)27-9-13-6-19(13,10-27)12-2-4-14(5-3-12)30-20(21,22)23/h2-5,7-8,13H,6,9-10,24H2,1H3,(H,25,28). The number of carbonyl (C=O) groups excluding carboxylic acids is 1. The van der Waals surface area contributed by atoms with Gasteiger partial charge in [0.1, 0.15) is 11.4 Å². The summed E-state index contributed by atoms with van der Waals surface area (Å²) < 4.78 is 41.0. The van der Waals surface area contributed by atoms with E-state index in [9.17, 15) is 22.8 Å². The fourth-order valence-electron chi connectivity index (χ4n) is 4.18. The maximum absolute atomic E-state index is 13.0. The number of fused-ring (bicyclic) bond motifs is 1. The molecule has 0 radical (unpaired) electrons. The molecule has 4 rings (SSSR count). The van der Waals surface area contributed by atoms with Gasteiger partial charge in [-0.15, -0.1) is 13.2 Å². The number of piperidine rings is 1. The first-order valence-corrected chi connectivity index (χ1v) is 9.27. The predicted molar refractivity (Wildman–Crippen MR) is 101 cm³/mol. The van der Waals surface area contributed by atoms with Crippen LogP contribution in [0.2, 0.25) is 0 Å². The second-order valence-corrected chi connectivity index (χ2v) is 7.61. The van der Waals surface area contributed by atoms with Gasteiger partial charge in [0.25, 0.3) is 11.5 Å². The van der Waals surface area contributed by atoms with Crippen molar-refractivity contribution in [2.24, 2.45) is 11.7 Å². The van der Waals surface area contributed by atoms with Crippen molar-refractivity contribution in [3.05, 3.63) is 64.0 Å². The van der Waals surface area contributed by atoms with Gasteiger partial charge >= 0.3 is 6.36 Å². The molecule has 3 N–H and O–H groups in total. The zero-order chi connectivity index (χ0) is 21.7. The number of hydrogen-bond donors (Lipinski definition) is 2. The van der Waals surface area contributed by atoms with E-state index in [4.69, 9.17) is 5.73 Å².